The number of hydrogen-bond donors (Lipinski definition) is 1. The van der Waals surface area contributed by atoms with E-state index in [0.29, 0.717) is 5.82 Å². The highest BCUT2D eigenvalue weighted by molar-refractivity contribution is 14.1. The molecule has 0 unspecified atom stereocenters. The van der Waals surface area contributed by atoms with E-state index in [-0.39, 0.29) is 12.4 Å². The maximum atomic E-state index is 4.78. The van der Waals surface area contributed by atoms with Gasteiger partial charge in [-0.2, -0.15) is 0 Å². The Balaban J connectivity index is 0.00000272. The van der Waals surface area contributed by atoms with E-state index >= 15 is 0 Å². The first-order valence-corrected chi connectivity index (χ1v) is 11.1. The number of pyridine rings is 1. The molecule has 0 radical (unpaired) electrons. The molecule has 0 aliphatic rings. The third kappa shape index (κ3) is 4.72. The van der Waals surface area contributed by atoms with Crippen molar-refractivity contribution in [3.8, 4) is 22.5 Å². The molecule has 6 nitrogen and oxygen atoms in total. The predicted octanol–water partition coefficient (Wildman–Crippen LogP) is 5.85. The summed E-state index contributed by atoms with van der Waals surface area (Å²) in [6, 6.07) is 18.9. The van der Waals surface area contributed by atoms with Gasteiger partial charge in [0.15, 0.2) is 5.82 Å². The van der Waals surface area contributed by atoms with Crippen LogP contribution in [0.15, 0.2) is 54.6 Å². The van der Waals surface area contributed by atoms with Crippen LogP contribution < -0.4 is 4.90 Å². The van der Waals surface area contributed by atoms with Crippen LogP contribution in [0.1, 0.15) is 25.2 Å². The van der Waals surface area contributed by atoms with E-state index in [2.05, 4.69) is 105 Å². The maximum Gasteiger partial charge on any atom is 0.180 e. The second-order valence-electron chi connectivity index (χ2n) is 7.00. The summed E-state index contributed by atoms with van der Waals surface area (Å²) in [6.45, 7) is 4.30. The van der Waals surface area contributed by atoms with Crippen LogP contribution in [0.4, 0.5) is 11.4 Å². The number of H-pyrrole nitrogens is 1. The molecule has 0 amide bonds. The van der Waals surface area contributed by atoms with Crippen molar-refractivity contribution in [1.29, 1.82) is 0 Å². The normalized spacial score (nSPS) is 10.6. The molecule has 0 saturated heterocycles. The molecule has 160 valence electrons. The third-order valence-electron chi connectivity index (χ3n) is 5.21. The number of halogens is 2. The molecule has 0 spiro atoms. The minimum Gasteiger partial charge on any atom is -0.344 e. The van der Waals surface area contributed by atoms with Crippen molar-refractivity contribution in [2.24, 2.45) is 0 Å². The molecule has 31 heavy (non-hydrogen) atoms. The van der Waals surface area contributed by atoms with Crippen LogP contribution in [0.3, 0.4) is 0 Å². The van der Waals surface area contributed by atoms with Crippen molar-refractivity contribution in [2.75, 3.05) is 11.9 Å². The first-order chi connectivity index (χ1) is 14.6. The molecule has 0 saturated carbocycles. The summed E-state index contributed by atoms with van der Waals surface area (Å²) in [5, 5.41) is 14.3. The van der Waals surface area contributed by atoms with Gasteiger partial charge >= 0.3 is 0 Å². The van der Waals surface area contributed by atoms with Gasteiger partial charge < -0.3 is 4.90 Å². The van der Waals surface area contributed by atoms with Crippen molar-refractivity contribution < 1.29 is 0 Å². The van der Waals surface area contributed by atoms with Crippen molar-refractivity contribution in [3.05, 3.63) is 69.6 Å². The van der Waals surface area contributed by atoms with Gasteiger partial charge in [-0.05, 0) is 75.2 Å². The lowest BCUT2D eigenvalue weighted by Gasteiger charge is -2.23. The Kier molecular flexibility index (Phi) is 7.61. The molecule has 0 atom stereocenters. The Bertz CT molecular complexity index is 1150. The van der Waals surface area contributed by atoms with Gasteiger partial charge in [-0.15, -0.1) is 17.5 Å². The lowest BCUT2D eigenvalue weighted by Crippen LogP contribution is -2.13. The second-order valence-corrected chi connectivity index (χ2v) is 8.08. The molecule has 1 N–H and O–H groups in total. The summed E-state index contributed by atoms with van der Waals surface area (Å²) in [5.41, 5.74) is 7.79. The summed E-state index contributed by atoms with van der Waals surface area (Å²) >= 11 is 2.42. The van der Waals surface area contributed by atoms with Gasteiger partial charge in [0.25, 0.3) is 0 Å². The fourth-order valence-corrected chi connectivity index (χ4v) is 4.52. The topological polar surface area (TPSA) is 70.6 Å². The summed E-state index contributed by atoms with van der Waals surface area (Å²) in [7, 11) is 2.11. The van der Waals surface area contributed by atoms with E-state index in [1.165, 1.54) is 9.26 Å². The zero-order valence-electron chi connectivity index (χ0n) is 17.6. The summed E-state index contributed by atoms with van der Waals surface area (Å²) in [6.07, 6.45) is 1.86. The van der Waals surface area contributed by atoms with Crippen LogP contribution in [-0.2, 0) is 12.8 Å². The van der Waals surface area contributed by atoms with Crippen LogP contribution in [-0.4, -0.2) is 32.7 Å². The van der Waals surface area contributed by atoms with E-state index in [0.717, 1.165) is 46.6 Å². The Morgan fingerprint density at radius 2 is 1.68 bits per heavy atom. The fraction of sp³-hybridized carbons (Fsp3) is 0.217. The van der Waals surface area contributed by atoms with E-state index < -0.39 is 0 Å². The van der Waals surface area contributed by atoms with Crippen LogP contribution in [0.25, 0.3) is 22.5 Å². The van der Waals surface area contributed by atoms with Crippen LogP contribution in [0.2, 0.25) is 0 Å². The number of anilines is 2. The molecule has 4 aromatic rings. The first-order valence-electron chi connectivity index (χ1n) is 9.98. The minimum absolute atomic E-state index is 0. The summed E-state index contributed by atoms with van der Waals surface area (Å²) < 4.78 is 1.21. The summed E-state index contributed by atoms with van der Waals surface area (Å²) in [5.74, 6) is 0.664. The number of tetrazole rings is 1. The molecular formula is C23H24ClIN6. The van der Waals surface area contributed by atoms with Gasteiger partial charge in [0, 0.05) is 24.0 Å². The predicted molar refractivity (Wildman–Crippen MR) is 136 cm³/mol. The number of aryl methyl sites for hydroxylation is 2. The van der Waals surface area contributed by atoms with Crippen molar-refractivity contribution in [1.82, 2.24) is 25.6 Å². The van der Waals surface area contributed by atoms with Gasteiger partial charge in [0.2, 0.25) is 0 Å². The number of nitrogens with zero attached hydrogens (tertiary/aromatic N) is 5. The molecule has 2 aromatic heterocycles. The van der Waals surface area contributed by atoms with Crippen molar-refractivity contribution >= 4 is 46.4 Å². The number of rotatable bonds is 6. The molecule has 0 bridgehead atoms. The Morgan fingerprint density at radius 1 is 0.968 bits per heavy atom. The van der Waals surface area contributed by atoms with Gasteiger partial charge in [0.1, 0.15) is 0 Å². The molecule has 0 aliphatic carbocycles. The lowest BCUT2D eigenvalue weighted by molar-refractivity contribution is 0.881. The Labute approximate surface area is 202 Å². The third-order valence-corrected chi connectivity index (χ3v) is 6.39. The van der Waals surface area contributed by atoms with Gasteiger partial charge in [-0.3, -0.25) is 4.98 Å². The van der Waals surface area contributed by atoms with Crippen LogP contribution in [0, 0.1) is 3.57 Å². The number of benzene rings is 2. The highest BCUT2D eigenvalue weighted by Crippen LogP contribution is 2.34. The Hall–Kier alpha value is -2.52. The zero-order chi connectivity index (χ0) is 21.1. The van der Waals surface area contributed by atoms with Crippen molar-refractivity contribution in [2.45, 2.75) is 26.7 Å². The molecular weight excluding hydrogens is 523 g/mol. The molecule has 2 aromatic carbocycles. The fourth-order valence-electron chi connectivity index (χ4n) is 3.50. The van der Waals surface area contributed by atoms with Crippen LogP contribution >= 0.6 is 35.0 Å². The van der Waals surface area contributed by atoms with Crippen molar-refractivity contribution in [3.63, 3.8) is 0 Å². The Morgan fingerprint density at radius 3 is 2.29 bits per heavy atom. The lowest BCUT2D eigenvalue weighted by atomic mass is 9.99. The smallest absolute Gasteiger partial charge is 0.180 e. The average Bonchev–Trinajstić information content (AvgIpc) is 3.34. The highest BCUT2D eigenvalue weighted by Gasteiger charge is 2.15. The summed E-state index contributed by atoms with van der Waals surface area (Å²) in [4.78, 5) is 7.01. The van der Waals surface area contributed by atoms with E-state index in [1.54, 1.807) is 0 Å². The average molecular weight is 547 g/mol. The molecule has 2 heterocycles. The largest absolute Gasteiger partial charge is 0.344 e. The van der Waals surface area contributed by atoms with Gasteiger partial charge in [0.05, 0.1) is 15.0 Å². The van der Waals surface area contributed by atoms with E-state index in [4.69, 9.17) is 4.98 Å². The van der Waals surface area contributed by atoms with Crippen LogP contribution in [0.5, 0.6) is 0 Å². The van der Waals surface area contributed by atoms with Gasteiger partial charge in [-0.25, -0.2) is 5.10 Å². The molecule has 4 rings (SSSR count). The number of nitrogens with one attached hydrogen (secondary N) is 1. The number of aromatic amines is 1. The van der Waals surface area contributed by atoms with Gasteiger partial charge in [-0.1, -0.05) is 50.2 Å². The zero-order valence-corrected chi connectivity index (χ0v) is 20.6. The SMILES string of the molecule is CCc1cc(N(C)c2ccc(-c3ccccc3-c3nnn[nH]3)cc2)c(I)c(CC)n1.Cl. The quantitative estimate of drug-likeness (QED) is 0.307. The second kappa shape index (κ2) is 10.2. The van der Waals surface area contributed by atoms with E-state index in [9.17, 15) is 0 Å². The first kappa shape index (κ1) is 23.1. The monoisotopic (exact) mass is 546 g/mol. The number of hydrogen-bond acceptors (Lipinski definition) is 5. The molecule has 0 aliphatic heterocycles. The number of aromatic nitrogens is 5. The standard InChI is InChI=1S/C23H23IN6.ClH/c1-4-16-14-21(22(24)20(5-2)25-16)30(3)17-12-10-15(11-13-17)18-8-6-7-9-19(18)23-26-28-29-27-23;/h6-14H,4-5H2,1-3H3,(H,26,27,28,29);1H. The maximum absolute atomic E-state index is 4.78. The van der Waals surface area contributed by atoms with E-state index in [1.807, 2.05) is 18.2 Å². The molecule has 8 heteroatoms. The minimum atomic E-state index is 0. The molecule has 0 fully saturated rings. The highest BCUT2D eigenvalue weighted by atomic mass is 127.